The minimum Gasteiger partial charge on any atom is -0.258 e. The van der Waals surface area contributed by atoms with Crippen molar-refractivity contribution in [3.8, 4) is 11.4 Å². The van der Waals surface area contributed by atoms with Crippen molar-refractivity contribution in [2.75, 3.05) is 0 Å². The number of benzene rings is 1. The van der Waals surface area contributed by atoms with Crippen molar-refractivity contribution in [1.82, 2.24) is 9.97 Å². The first-order valence-corrected chi connectivity index (χ1v) is 5.13. The second-order valence-electron chi connectivity index (χ2n) is 3.78. The average Bonchev–Trinajstić information content (AvgIpc) is 2.28. The number of hydrogen-bond acceptors (Lipinski definition) is 4. The fraction of sp³-hybridized carbons (Fsp3) is 0.167. The van der Waals surface area contributed by atoms with Crippen LogP contribution in [0.5, 0.6) is 0 Å². The molecule has 0 unspecified atom stereocenters. The predicted octanol–water partition coefficient (Wildman–Crippen LogP) is 2.67. The van der Waals surface area contributed by atoms with Crippen molar-refractivity contribution < 1.29 is 4.92 Å². The largest absolute Gasteiger partial charge is 0.270 e. The van der Waals surface area contributed by atoms with Gasteiger partial charge in [-0.15, -0.1) is 0 Å². The van der Waals surface area contributed by atoms with E-state index in [1.54, 1.807) is 12.1 Å². The summed E-state index contributed by atoms with van der Waals surface area (Å²) in [5.74, 6) is 0.520. The highest BCUT2D eigenvalue weighted by Gasteiger charge is 2.09. The Hall–Kier alpha value is -2.30. The lowest BCUT2D eigenvalue weighted by Crippen LogP contribution is -1.95. The summed E-state index contributed by atoms with van der Waals surface area (Å²) in [6, 6.07) is 8.19. The van der Waals surface area contributed by atoms with Crippen LogP contribution in [0.4, 0.5) is 5.69 Å². The van der Waals surface area contributed by atoms with Crippen LogP contribution in [0, 0.1) is 24.0 Å². The van der Waals surface area contributed by atoms with Gasteiger partial charge < -0.3 is 0 Å². The summed E-state index contributed by atoms with van der Waals surface area (Å²) < 4.78 is 0. The Bertz CT molecular complexity index is 561. The van der Waals surface area contributed by atoms with Gasteiger partial charge in [0.1, 0.15) is 0 Å². The third kappa shape index (κ3) is 2.44. The molecular formula is C12H11N3O2. The molecule has 0 aliphatic carbocycles. The van der Waals surface area contributed by atoms with Crippen LogP contribution in [0.15, 0.2) is 30.3 Å². The summed E-state index contributed by atoms with van der Waals surface area (Å²) in [4.78, 5) is 18.8. The summed E-state index contributed by atoms with van der Waals surface area (Å²) in [6.45, 7) is 3.74. The summed E-state index contributed by atoms with van der Waals surface area (Å²) in [6.07, 6.45) is 0. The van der Waals surface area contributed by atoms with Crippen LogP contribution in [0.25, 0.3) is 11.4 Å². The topological polar surface area (TPSA) is 68.9 Å². The van der Waals surface area contributed by atoms with Crippen LogP contribution >= 0.6 is 0 Å². The molecule has 1 aromatic heterocycles. The molecule has 0 atom stereocenters. The van der Waals surface area contributed by atoms with Gasteiger partial charge in [-0.05, 0) is 19.9 Å². The van der Waals surface area contributed by atoms with Crippen LogP contribution in [0.1, 0.15) is 11.4 Å². The molecule has 86 valence electrons. The molecule has 0 spiro atoms. The van der Waals surface area contributed by atoms with Gasteiger partial charge in [0.15, 0.2) is 5.82 Å². The minimum atomic E-state index is -0.424. The number of rotatable bonds is 2. The zero-order valence-electron chi connectivity index (χ0n) is 9.54. The van der Waals surface area contributed by atoms with Crippen molar-refractivity contribution >= 4 is 5.69 Å². The van der Waals surface area contributed by atoms with Gasteiger partial charge in [0, 0.05) is 29.1 Å². The van der Waals surface area contributed by atoms with E-state index < -0.39 is 4.92 Å². The molecule has 0 saturated carbocycles. The number of aryl methyl sites for hydroxylation is 2. The molecule has 0 aliphatic rings. The van der Waals surface area contributed by atoms with Gasteiger partial charge in [-0.1, -0.05) is 12.1 Å². The molecule has 5 heteroatoms. The Balaban J connectivity index is 2.52. The van der Waals surface area contributed by atoms with E-state index in [1.807, 2.05) is 19.9 Å². The molecule has 1 aromatic carbocycles. The Morgan fingerprint density at radius 2 is 1.76 bits per heavy atom. The van der Waals surface area contributed by atoms with E-state index in [1.165, 1.54) is 12.1 Å². The Morgan fingerprint density at radius 3 is 2.35 bits per heavy atom. The zero-order chi connectivity index (χ0) is 12.4. The third-order valence-corrected chi connectivity index (χ3v) is 2.30. The number of nitro benzene ring substituents is 1. The second kappa shape index (κ2) is 4.29. The van der Waals surface area contributed by atoms with Crippen molar-refractivity contribution in [2.45, 2.75) is 13.8 Å². The highest BCUT2D eigenvalue weighted by atomic mass is 16.6. The maximum absolute atomic E-state index is 10.7. The molecule has 2 aromatic rings. The van der Waals surface area contributed by atoms with E-state index in [2.05, 4.69) is 9.97 Å². The van der Waals surface area contributed by atoms with Crippen LogP contribution in [0.2, 0.25) is 0 Å². The highest BCUT2D eigenvalue weighted by molar-refractivity contribution is 5.59. The van der Waals surface area contributed by atoms with E-state index >= 15 is 0 Å². The molecule has 1 heterocycles. The van der Waals surface area contributed by atoms with E-state index in [4.69, 9.17) is 0 Å². The molecule has 0 fully saturated rings. The van der Waals surface area contributed by atoms with Gasteiger partial charge >= 0.3 is 0 Å². The minimum absolute atomic E-state index is 0.0465. The first-order chi connectivity index (χ1) is 8.06. The quantitative estimate of drug-likeness (QED) is 0.586. The molecule has 5 nitrogen and oxygen atoms in total. The van der Waals surface area contributed by atoms with Crippen molar-refractivity contribution in [1.29, 1.82) is 0 Å². The number of hydrogen-bond donors (Lipinski definition) is 0. The monoisotopic (exact) mass is 229 g/mol. The lowest BCUT2D eigenvalue weighted by molar-refractivity contribution is -0.384. The van der Waals surface area contributed by atoms with Gasteiger partial charge in [0.25, 0.3) is 5.69 Å². The molecule has 17 heavy (non-hydrogen) atoms. The van der Waals surface area contributed by atoms with Gasteiger partial charge in [-0.2, -0.15) is 0 Å². The molecule has 0 saturated heterocycles. The summed E-state index contributed by atoms with van der Waals surface area (Å²) in [7, 11) is 0. The van der Waals surface area contributed by atoms with Gasteiger partial charge in [0.05, 0.1) is 4.92 Å². The van der Waals surface area contributed by atoms with Crippen molar-refractivity contribution in [2.24, 2.45) is 0 Å². The lowest BCUT2D eigenvalue weighted by atomic mass is 10.2. The zero-order valence-corrected chi connectivity index (χ0v) is 9.54. The second-order valence-corrected chi connectivity index (χ2v) is 3.78. The fourth-order valence-electron chi connectivity index (χ4n) is 1.61. The molecule has 0 bridgehead atoms. The maximum Gasteiger partial charge on any atom is 0.270 e. The van der Waals surface area contributed by atoms with E-state index in [0.717, 1.165) is 11.4 Å². The number of aromatic nitrogens is 2. The first-order valence-electron chi connectivity index (χ1n) is 5.13. The number of nitro groups is 1. The van der Waals surface area contributed by atoms with Crippen molar-refractivity contribution in [3.63, 3.8) is 0 Å². The van der Waals surface area contributed by atoms with Crippen LogP contribution in [-0.4, -0.2) is 14.9 Å². The maximum atomic E-state index is 10.7. The average molecular weight is 229 g/mol. The smallest absolute Gasteiger partial charge is 0.258 e. The fourth-order valence-corrected chi connectivity index (χ4v) is 1.61. The summed E-state index contributed by atoms with van der Waals surface area (Å²) >= 11 is 0. The number of non-ortho nitro benzene ring substituents is 1. The van der Waals surface area contributed by atoms with Crippen LogP contribution < -0.4 is 0 Å². The normalized spacial score (nSPS) is 10.2. The van der Waals surface area contributed by atoms with E-state index in [9.17, 15) is 10.1 Å². The molecule has 0 aliphatic heterocycles. The Kier molecular flexibility index (Phi) is 2.82. The van der Waals surface area contributed by atoms with Gasteiger partial charge in [-0.3, -0.25) is 10.1 Å². The molecule has 0 N–H and O–H groups in total. The van der Waals surface area contributed by atoms with Crippen LogP contribution in [0.3, 0.4) is 0 Å². The highest BCUT2D eigenvalue weighted by Crippen LogP contribution is 2.21. The predicted molar refractivity (Wildman–Crippen MR) is 63.6 cm³/mol. The SMILES string of the molecule is Cc1cc(C)nc(-c2cccc([N+](=O)[O-])c2)n1. The lowest BCUT2D eigenvalue weighted by Gasteiger charge is -2.03. The number of nitrogens with zero attached hydrogens (tertiary/aromatic N) is 3. The summed E-state index contributed by atoms with van der Waals surface area (Å²) in [5.41, 5.74) is 2.40. The first kappa shape index (κ1) is 11.2. The Morgan fingerprint density at radius 1 is 1.12 bits per heavy atom. The molecule has 2 rings (SSSR count). The third-order valence-electron chi connectivity index (χ3n) is 2.30. The van der Waals surface area contributed by atoms with Crippen LogP contribution in [-0.2, 0) is 0 Å². The molecular weight excluding hydrogens is 218 g/mol. The standard InChI is InChI=1S/C12H11N3O2/c1-8-6-9(2)14-12(13-8)10-4-3-5-11(7-10)15(16)17/h3-7H,1-2H3. The summed E-state index contributed by atoms with van der Waals surface area (Å²) in [5, 5.41) is 10.7. The van der Waals surface area contributed by atoms with Crippen molar-refractivity contribution in [3.05, 3.63) is 51.8 Å². The Labute approximate surface area is 98.3 Å². The van der Waals surface area contributed by atoms with E-state index in [0.29, 0.717) is 11.4 Å². The van der Waals surface area contributed by atoms with E-state index in [-0.39, 0.29) is 5.69 Å². The van der Waals surface area contributed by atoms with Gasteiger partial charge in [0.2, 0.25) is 0 Å². The molecule has 0 amide bonds. The molecule has 0 radical (unpaired) electrons. The van der Waals surface area contributed by atoms with Gasteiger partial charge in [-0.25, -0.2) is 9.97 Å².